The Balaban J connectivity index is 2.24. The molecule has 0 saturated carbocycles. The van der Waals surface area contributed by atoms with Crippen LogP contribution in [-0.4, -0.2) is 15.0 Å². The van der Waals surface area contributed by atoms with Crippen molar-refractivity contribution in [3.8, 4) is 0 Å². The topological polar surface area (TPSA) is 73.1 Å². The van der Waals surface area contributed by atoms with Crippen LogP contribution < -0.4 is 16.6 Å². The first-order valence-electron chi connectivity index (χ1n) is 7.62. The van der Waals surface area contributed by atoms with E-state index >= 15 is 0 Å². The number of aryl methyl sites for hydroxylation is 1. The molecule has 2 heterocycles. The van der Waals surface area contributed by atoms with Gasteiger partial charge in [-0.2, -0.15) is 0 Å². The maximum absolute atomic E-state index is 12.6. The molecule has 1 aliphatic heterocycles. The van der Waals surface area contributed by atoms with Gasteiger partial charge >= 0.3 is 5.69 Å². The number of fused-ring (bicyclic) bond motifs is 1. The summed E-state index contributed by atoms with van der Waals surface area (Å²) in [4.78, 5) is 36.7. The summed E-state index contributed by atoms with van der Waals surface area (Å²) in [6.45, 7) is 2.07. The molecule has 23 heavy (non-hydrogen) atoms. The highest BCUT2D eigenvalue weighted by molar-refractivity contribution is 5.94. The molecule has 6 heteroatoms. The molecule has 1 aromatic carbocycles. The summed E-state index contributed by atoms with van der Waals surface area (Å²) in [5, 5.41) is 2.67. The van der Waals surface area contributed by atoms with Gasteiger partial charge in [0.25, 0.3) is 5.56 Å². The zero-order valence-corrected chi connectivity index (χ0v) is 13.4. The summed E-state index contributed by atoms with van der Waals surface area (Å²) < 4.78 is 2.41. The van der Waals surface area contributed by atoms with Crippen molar-refractivity contribution in [1.29, 1.82) is 0 Å². The van der Waals surface area contributed by atoms with E-state index in [0.717, 1.165) is 16.6 Å². The van der Waals surface area contributed by atoms with Gasteiger partial charge in [-0.05, 0) is 17.5 Å². The number of nitrogens with one attached hydrogen (secondary N) is 1. The number of rotatable bonds is 2. The lowest BCUT2D eigenvalue weighted by atomic mass is 9.86. The summed E-state index contributed by atoms with van der Waals surface area (Å²) >= 11 is 0. The van der Waals surface area contributed by atoms with Gasteiger partial charge in [0, 0.05) is 26.4 Å². The zero-order valence-electron chi connectivity index (χ0n) is 13.4. The van der Waals surface area contributed by atoms with Gasteiger partial charge in [0.15, 0.2) is 0 Å². The van der Waals surface area contributed by atoms with Crippen molar-refractivity contribution in [3.63, 3.8) is 0 Å². The van der Waals surface area contributed by atoms with Crippen molar-refractivity contribution >= 4 is 11.7 Å². The van der Waals surface area contributed by atoms with Crippen LogP contribution in [0, 0.1) is 0 Å². The van der Waals surface area contributed by atoms with Crippen LogP contribution in [0.4, 0.5) is 5.82 Å². The maximum Gasteiger partial charge on any atom is 0.332 e. The summed E-state index contributed by atoms with van der Waals surface area (Å²) in [6.07, 6.45) is 1.13. The molecule has 6 nitrogen and oxygen atoms in total. The molecule has 0 aliphatic carbocycles. The molecule has 0 fully saturated rings. The summed E-state index contributed by atoms with van der Waals surface area (Å²) in [7, 11) is 3.02. The fourth-order valence-electron chi connectivity index (χ4n) is 3.08. The highest BCUT2D eigenvalue weighted by Gasteiger charge is 2.32. The Kier molecular flexibility index (Phi) is 3.67. The first-order chi connectivity index (χ1) is 10.9. The molecule has 0 unspecified atom stereocenters. The minimum atomic E-state index is -0.448. The molecule has 1 aromatic heterocycles. The second kappa shape index (κ2) is 5.53. The van der Waals surface area contributed by atoms with Crippen molar-refractivity contribution < 1.29 is 4.79 Å². The van der Waals surface area contributed by atoms with Crippen molar-refractivity contribution in [2.75, 3.05) is 5.32 Å². The average Bonchev–Trinajstić information content (AvgIpc) is 2.57. The molecule has 1 N–H and O–H groups in total. The monoisotopic (exact) mass is 313 g/mol. The van der Waals surface area contributed by atoms with Gasteiger partial charge in [0.05, 0.1) is 5.56 Å². The normalized spacial score (nSPS) is 16.8. The predicted molar refractivity (Wildman–Crippen MR) is 87.8 cm³/mol. The average molecular weight is 313 g/mol. The Hall–Kier alpha value is -2.63. The maximum atomic E-state index is 12.6. The Morgan fingerprint density at radius 2 is 1.74 bits per heavy atom. The predicted octanol–water partition coefficient (Wildman–Crippen LogP) is 1.12. The van der Waals surface area contributed by atoms with Crippen molar-refractivity contribution in [2.45, 2.75) is 25.7 Å². The third-order valence-corrected chi connectivity index (χ3v) is 4.49. The Morgan fingerprint density at radius 3 is 2.35 bits per heavy atom. The van der Waals surface area contributed by atoms with Gasteiger partial charge in [-0.15, -0.1) is 0 Å². The molecule has 0 spiro atoms. The number of anilines is 1. The SMILES string of the molecule is CCc1ccc([C@H]2CC(=O)Nc3c2c(=O)n(C)c(=O)n3C)cc1. The standard InChI is InChI=1S/C17H19N3O3/c1-4-10-5-7-11(8-6-10)12-9-13(21)18-15-14(12)16(22)20(3)17(23)19(15)2/h5-8,12H,4,9H2,1-3H3,(H,18,21)/t12-/m1/s1. The number of amides is 1. The summed E-state index contributed by atoms with van der Waals surface area (Å²) in [5.74, 6) is -0.223. The Labute approximate surface area is 133 Å². The van der Waals surface area contributed by atoms with Gasteiger partial charge in [-0.25, -0.2) is 4.79 Å². The number of hydrogen-bond donors (Lipinski definition) is 1. The summed E-state index contributed by atoms with van der Waals surface area (Å²) in [5.41, 5.74) is 1.78. The molecule has 1 amide bonds. The molecule has 0 bridgehead atoms. The minimum absolute atomic E-state index is 0.190. The Morgan fingerprint density at radius 1 is 1.09 bits per heavy atom. The van der Waals surface area contributed by atoms with E-state index in [0.29, 0.717) is 11.4 Å². The van der Waals surface area contributed by atoms with E-state index in [4.69, 9.17) is 0 Å². The van der Waals surface area contributed by atoms with Crippen molar-refractivity contribution in [2.24, 2.45) is 14.1 Å². The van der Waals surface area contributed by atoms with Crippen LogP contribution in [0.1, 0.15) is 36.0 Å². The minimum Gasteiger partial charge on any atom is -0.312 e. The largest absolute Gasteiger partial charge is 0.332 e. The molecule has 0 radical (unpaired) electrons. The lowest BCUT2D eigenvalue weighted by Gasteiger charge is -2.27. The molecule has 3 rings (SSSR count). The van der Waals surface area contributed by atoms with Crippen LogP contribution in [0.25, 0.3) is 0 Å². The van der Waals surface area contributed by atoms with Gasteiger partial charge in [-0.1, -0.05) is 31.2 Å². The number of nitrogens with zero attached hydrogens (tertiary/aromatic N) is 2. The van der Waals surface area contributed by atoms with Crippen molar-refractivity contribution in [1.82, 2.24) is 9.13 Å². The highest BCUT2D eigenvalue weighted by atomic mass is 16.2. The van der Waals surface area contributed by atoms with Gasteiger partial charge < -0.3 is 5.32 Å². The lowest BCUT2D eigenvalue weighted by Crippen LogP contribution is -2.44. The van der Waals surface area contributed by atoms with Gasteiger partial charge in [-0.3, -0.25) is 18.7 Å². The second-order valence-corrected chi connectivity index (χ2v) is 5.87. The van der Waals surface area contributed by atoms with E-state index in [1.165, 1.54) is 17.2 Å². The van der Waals surface area contributed by atoms with Crippen LogP contribution in [0.5, 0.6) is 0 Å². The number of carbonyl (C=O) groups excluding carboxylic acids is 1. The van der Waals surface area contributed by atoms with E-state index in [-0.39, 0.29) is 23.8 Å². The number of aromatic nitrogens is 2. The summed E-state index contributed by atoms with van der Waals surface area (Å²) in [6, 6.07) is 7.93. The number of carbonyl (C=O) groups is 1. The second-order valence-electron chi connectivity index (χ2n) is 5.87. The van der Waals surface area contributed by atoms with Crippen molar-refractivity contribution in [3.05, 3.63) is 61.8 Å². The molecular weight excluding hydrogens is 294 g/mol. The fraction of sp³-hybridized carbons (Fsp3) is 0.353. The van der Waals surface area contributed by atoms with E-state index in [9.17, 15) is 14.4 Å². The first kappa shape index (κ1) is 15.3. The number of hydrogen-bond acceptors (Lipinski definition) is 3. The van der Waals surface area contributed by atoms with Crippen LogP contribution in [0.3, 0.4) is 0 Å². The fourth-order valence-corrected chi connectivity index (χ4v) is 3.08. The van der Waals surface area contributed by atoms with Crippen LogP contribution in [0.15, 0.2) is 33.9 Å². The van der Waals surface area contributed by atoms with E-state index < -0.39 is 5.69 Å². The van der Waals surface area contributed by atoms with E-state index in [1.807, 2.05) is 24.3 Å². The van der Waals surface area contributed by atoms with Gasteiger partial charge in [0.2, 0.25) is 5.91 Å². The van der Waals surface area contributed by atoms with E-state index in [1.54, 1.807) is 7.05 Å². The van der Waals surface area contributed by atoms with Crippen LogP contribution in [-0.2, 0) is 25.3 Å². The smallest absolute Gasteiger partial charge is 0.312 e. The third-order valence-electron chi connectivity index (χ3n) is 4.49. The Bertz CT molecular complexity index is 891. The zero-order chi connectivity index (χ0) is 16.7. The molecule has 0 saturated heterocycles. The van der Waals surface area contributed by atoms with Crippen LogP contribution in [0.2, 0.25) is 0 Å². The molecule has 2 aromatic rings. The molecule has 1 atom stereocenters. The first-order valence-corrected chi connectivity index (χ1v) is 7.62. The molecule has 1 aliphatic rings. The molecule has 120 valence electrons. The van der Waals surface area contributed by atoms with Gasteiger partial charge in [0.1, 0.15) is 5.82 Å². The molecular formula is C17H19N3O3. The highest BCUT2D eigenvalue weighted by Crippen LogP contribution is 2.34. The third kappa shape index (κ3) is 2.40. The van der Waals surface area contributed by atoms with E-state index in [2.05, 4.69) is 12.2 Å². The van der Waals surface area contributed by atoms with Crippen LogP contribution >= 0.6 is 0 Å². The lowest BCUT2D eigenvalue weighted by molar-refractivity contribution is -0.116. The number of benzene rings is 1. The quantitative estimate of drug-likeness (QED) is 0.903.